The average Bonchev–Trinajstić information content (AvgIpc) is 3.71. The van der Waals surface area contributed by atoms with Gasteiger partial charge in [0, 0.05) is 17.7 Å². The van der Waals surface area contributed by atoms with E-state index >= 15 is 0 Å². The number of hydrogen-bond donors (Lipinski definition) is 2. The normalized spacial score (nSPS) is 20.7. The van der Waals surface area contributed by atoms with Crippen LogP contribution in [0.15, 0.2) is 42.5 Å². The van der Waals surface area contributed by atoms with Crippen LogP contribution in [0.2, 0.25) is 0 Å². The van der Waals surface area contributed by atoms with Gasteiger partial charge in [0.2, 0.25) is 5.91 Å². The number of halogens is 7. The minimum atomic E-state index is -4.99. The van der Waals surface area contributed by atoms with E-state index in [-0.39, 0.29) is 30.0 Å². The second-order valence-electron chi connectivity index (χ2n) is 10.2. The van der Waals surface area contributed by atoms with Crippen molar-refractivity contribution in [3.05, 3.63) is 70.5 Å². The van der Waals surface area contributed by atoms with Crippen molar-refractivity contribution in [2.24, 2.45) is 5.92 Å². The van der Waals surface area contributed by atoms with Crippen LogP contribution in [-0.2, 0) is 16.6 Å². The second kappa shape index (κ2) is 10.4. The number of likely N-dealkylation sites (tertiary alicyclic amines) is 1. The first kappa shape index (κ1) is 28.8. The first-order chi connectivity index (χ1) is 18.1. The van der Waals surface area contributed by atoms with Crippen molar-refractivity contribution < 1.29 is 45.4 Å². The predicted octanol–water partition coefficient (Wildman–Crippen LogP) is 5.88. The molecule has 0 bridgehead atoms. The summed E-state index contributed by atoms with van der Waals surface area (Å²) < 4.78 is 93.7. The van der Waals surface area contributed by atoms with Gasteiger partial charge in [-0.25, -0.2) is 4.39 Å². The molecule has 3 atom stereocenters. The van der Waals surface area contributed by atoms with Crippen molar-refractivity contribution in [3.8, 4) is 0 Å². The highest BCUT2D eigenvalue weighted by Crippen LogP contribution is 2.43. The molecule has 0 unspecified atom stereocenters. The second-order valence-corrected chi connectivity index (χ2v) is 10.2. The number of rotatable bonds is 6. The maximum Gasteiger partial charge on any atom is 0.421 e. The van der Waals surface area contributed by atoms with E-state index in [2.05, 4.69) is 5.32 Å². The Hall–Kier alpha value is -3.15. The lowest BCUT2D eigenvalue weighted by atomic mass is 9.93. The topological polar surface area (TPSA) is 69.6 Å². The number of amides is 2. The summed E-state index contributed by atoms with van der Waals surface area (Å²) >= 11 is 0. The molecule has 1 aliphatic heterocycles. The van der Waals surface area contributed by atoms with Crippen molar-refractivity contribution in [3.63, 3.8) is 0 Å². The molecule has 2 fully saturated rings. The highest BCUT2D eigenvalue weighted by atomic mass is 19.4. The summed E-state index contributed by atoms with van der Waals surface area (Å²) in [5, 5.41) is 12.7. The van der Waals surface area contributed by atoms with E-state index in [0.717, 1.165) is 24.3 Å². The lowest BCUT2D eigenvalue weighted by molar-refractivity contribution is -0.258. The van der Waals surface area contributed by atoms with E-state index in [0.29, 0.717) is 38.7 Å². The number of hydrogen-bond acceptors (Lipinski definition) is 3. The van der Waals surface area contributed by atoms with Gasteiger partial charge in [0.25, 0.3) is 5.91 Å². The molecule has 5 nitrogen and oxygen atoms in total. The van der Waals surface area contributed by atoms with Gasteiger partial charge in [-0.3, -0.25) is 9.59 Å². The van der Waals surface area contributed by atoms with Gasteiger partial charge in [-0.2, -0.15) is 26.3 Å². The Balaban J connectivity index is 1.56. The fourth-order valence-electron chi connectivity index (χ4n) is 4.82. The predicted molar refractivity (Wildman–Crippen MR) is 126 cm³/mol. The number of aliphatic hydroxyl groups is 1. The first-order valence-corrected chi connectivity index (χ1v) is 12.5. The molecule has 1 saturated carbocycles. The smallest absolute Gasteiger partial charge is 0.376 e. The number of benzene rings is 2. The van der Waals surface area contributed by atoms with Gasteiger partial charge in [-0.15, -0.1) is 0 Å². The van der Waals surface area contributed by atoms with Crippen LogP contribution in [0.25, 0.3) is 0 Å². The monoisotopic (exact) mass is 560 g/mol. The van der Waals surface area contributed by atoms with Gasteiger partial charge >= 0.3 is 12.4 Å². The molecular weight excluding hydrogens is 533 g/mol. The third-order valence-electron chi connectivity index (χ3n) is 7.34. The molecule has 212 valence electrons. The summed E-state index contributed by atoms with van der Waals surface area (Å²) in [5.74, 6) is -2.63. The molecule has 2 aromatic rings. The van der Waals surface area contributed by atoms with Crippen LogP contribution in [0.1, 0.15) is 72.1 Å². The molecule has 1 aliphatic carbocycles. The van der Waals surface area contributed by atoms with Crippen LogP contribution in [0.5, 0.6) is 0 Å². The molecule has 2 N–H and O–H groups in total. The Kier molecular flexibility index (Phi) is 7.72. The van der Waals surface area contributed by atoms with Crippen molar-refractivity contribution in [2.75, 3.05) is 6.54 Å². The summed E-state index contributed by atoms with van der Waals surface area (Å²) in [7, 11) is 0. The summed E-state index contributed by atoms with van der Waals surface area (Å²) in [6.45, 7) is 0.714. The number of carbonyl (C=O) groups is 2. The van der Waals surface area contributed by atoms with E-state index in [1.807, 2.05) is 0 Å². The van der Waals surface area contributed by atoms with Crippen LogP contribution in [0, 0.1) is 11.7 Å². The maximum atomic E-state index is 14.7. The van der Waals surface area contributed by atoms with Crippen LogP contribution in [0.3, 0.4) is 0 Å². The molecule has 2 amide bonds. The van der Waals surface area contributed by atoms with Crippen molar-refractivity contribution in [1.82, 2.24) is 10.2 Å². The largest absolute Gasteiger partial charge is 0.421 e. The molecule has 39 heavy (non-hydrogen) atoms. The number of nitrogens with one attached hydrogen (secondary N) is 1. The number of piperidine rings is 1. The van der Waals surface area contributed by atoms with E-state index in [4.69, 9.17) is 0 Å². The van der Waals surface area contributed by atoms with Gasteiger partial charge < -0.3 is 15.3 Å². The molecule has 0 spiro atoms. The first-order valence-electron chi connectivity index (χ1n) is 12.5. The Morgan fingerprint density at radius 1 is 0.974 bits per heavy atom. The number of carbonyl (C=O) groups excluding carboxylic acids is 2. The fraction of sp³-hybridized carbons (Fsp3) is 0.481. The Bertz CT molecular complexity index is 1240. The zero-order valence-corrected chi connectivity index (χ0v) is 20.9. The minimum absolute atomic E-state index is 0.0883. The number of nitrogens with zero attached hydrogens (tertiary/aromatic N) is 1. The van der Waals surface area contributed by atoms with Crippen LogP contribution >= 0.6 is 0 Å². The molecule has 1 saturated heterocycles. The molecule has 0 aromatic heterocycles. The van der Waals surface area contributed by atoms with Crippen molar-refractivity contribution in [2.45, 2.75) is 69.1 Å². The Morgan fingerprint density at radius 2 is 1.67 bits per heavy atom. The van der Waals surface area contributed by atoms with Crippen LogP contribution in [-0.4, -0.2) is 40.6 Å². The molecule has 0 radical (unpaired) electrons. The highest BCUT2D eigenvalue weighted by molar-refractivity contribution is 5.98. The quantitative estimate of drug-likeness (QED) is 0.434. The zero-order chi connectivity index (χ0) is 28.8. The zero-order valence-electron chi connectivity index (χ0n) is 20.9. The van der Waals surface area contributed by atoms with E-state index in [1.165, 1.54) is 17.0 Å². The van der Waals surface area contributed by atoms with Crippen molar-refractivity contribution in [1.29, 1.82) is 0 Å². The molecule has 4 rings (SSSR count). The average molecular weight is 561 g/mol. The lowest BCUT2D eigenvalue weighted by Gasteiger charge is -2.36. The summed E-state index contributed by atoms with van der Waals surface area (Å²) in [5.41, 5.74) is -5.13. The lowest BCUT2D eigenvalue weighted by Crippen LogP contribution is -2.52. The molecular formula is C27H27F7N2O3. The SMILES string of the molecule is C[C@@](O)(c1cccc(C(=O)N2CCCC[C@@H]2C(=O)N[C@@H](c2ccc(C(F)(F)F)cc2F)C2CC2)c1)C(F)(F)F. The molecule has 12 heteroatoms. The summed E-state index contributed by atoms with van der Waals surface area (Å²) in [6, 6.07) is 4.69. The summed E-state index contributed by atoms with van der Waals surface area (Å²) in [4.78, 5) is 27.9. The third-order valence-corrected chi connectivity index (χ3v) is 7.34. The van der Waals surface area contributed by atoms with E-state index < -0.39 is 58.8 Å². The van der Waals surface area contributed by atoms with Gasteiger partial charge in [-0.05, 0) is 74.8 Å². The Morgan fingerprint density at radius 3 is 2.26 bits per heavy atom. The third kappa shape index (κ3) is 6.05. The van der Waals surface area contributed by atoms with Gasteiger partial charge in [0.15, 0.2) is 5.60 Å². The van der Waals surface area contributed by atoms with E-state index in [1.54, 1.807) is 0 Å². The highest BCUT2D eigenvalue weighted by Gasteiger charge is 2.51. The Labute approximate surface area is 220 Å². The van der Waals surface area contributed by atoms with Crippen LogP contribution < -0.4 is 5.32 Å². The van der Waals surface area contributed by atoms with Gasteiger partial charge in [0.05, 0.1) is 11.6 Å². The molecule has 2 aliphatic rings. The molecule has 2 aromatic carbocycles. The van der Waals surface area contributed by atoms with Crippen molar-refractivity contribution >= 4 is 11.8 Å². The van der Waals surface area contributed by atoms with Gasteiger partial charge in [0.1, 0.15) is 11.9 Å². The maximum absolute atomic E-state index is 14.7. The van der Waals surface area contributed by atoms with E-state index in [9.17, 15) is 45.4 Å². The molecule has 1 heterocycles. The van der Waals surface area contributed by atoms with Crippen LogP contribution in [0.4, 0.5) is 30.7 Å². The fourth-order valence-corrected chi connectivity index (χ4v) is 4.82. The summed E-state index contributed by atoms with van der Waals surface area (Å²) in [6.07, 6.45) is -7.11. The standard InChI is InChI=1S/C27H27F7N2O3/c1-25(39,27(32,33)34)17-6-4-5-16(13-17)24(38)36-12-3-2-7-21(36)23(37)35-22(15-8-9-15)19-11-10-18(14-20(19)28)26(29,30)31/h4-6,10-11,13-15,21-22,39H,2-3,7-9,12H2,1H3,(H,35,37)/t21-,22-,25-/m1/s1. The van der Waals surface area contributed by atoms with Gasteiger partial charge in [-0.1, -0.05) is 18.2 Å². The number of alkyl halides is 6. The minimum Gasteiger partial charge on any atom is -0.376 e.